The molecular formula is C65H106O6. The van der Waals surface area contributed by atoms with Gasteiger partial charge in [0.15, 0.2) is 6.10 Å². The first-order valence-corrected chi connectivity index (χ1v) is 29.0. The second-order valence-electron chi connectivity index (χ2n) is 18.8. The van der Waals surface area contributed by atoms with Crippen LogP contribution in [0.2, 0.25) is 0 Å². The van der Waals surface area contributed by atoms with E-state index in [2.05, 4.69) is 136 Å². The Labute approximate surface area is 437 Å². The van der Waals surface area contributed by atoms with E-state index in [4.69, 9.17) is 14.2 Å². The van der Waals surface area contributed by atoms with E-state index in [-0.39, 0.29) is 37.5 Å². The number of carbonyl (C=O) groups is 3. The average Bonchev–Trinajstić information content (AvgIpc) is 3.37. The number of allylic oxidation sites excluding steroid dienone is 20. The third-order valence-electron chi connectivity index (χ3n) is 12.0. The van der Waals surface area contributed by atoms with E-state index in [9.17, 15) is 14.4 Å². The van der Waals surface area contributed by atoms with E-state index in [1.807, 2.05) is 6.08 Å². The summed E-state index contributed by atoms with van der Waals surface area (Å²) in [5.41, 5.74) is 0. The van der Waals surface area contributed by atoms with Crippen LogP contribution in [0.4, 0.5) is 0 Å². The van der Waals surface area contributed by atoms with Crippen molar-refractivity contribution < 1.29 is 28.6 Å². The molecule has 0 heterocycles. The zero-order valence-corrected chi connectivity index (χ0v) is 45.9. The predicted molar refractivity (Wildman–Crippen MR) is 306 cm³/mol. The molecule has 0 aliphatic rings. The van der Waals surface area contributed by atoms with Crippen molar-refractivity contribution in [3.05, 3.63) is 122 Å². The lowest BCUT2D eigenvalue weighted by atomic mass is 10.0. The summed E-state index contributed by atoms with van der Waals surface area (Å²) in [5, 5.41) is 0. The molecule has 0 aliphatic heterocycles. The Bertz CT molecular complexity index is 1500. The van der Waals surface area contributed by atoms with Crippen molar-refractivity contribution in [2.45, 2.75) is 258 Å². The van der Waals surface area contributed by atoms with Crippen LogP contribution in [-0.2, 0) is 28.6 Å². The minimum atomic E-state index is -0.828. The first-order chi connectivity index (χ1) is 35.0. The van der Waals surface area contributed by atoms with E-state index in [0.717, 1.165) is 96.3 Å². The second-order valence-corrected chi connectivity index (χ2v) is 18.8. The summed E-state index contributed by atoms with van der Waals surface area (Å²) in [6.07, 6.45) is 80.7. The maximum absolute atomic E-state index is 12.9. The number of unbranched alkanes of at least 4 members (excludes halogenated alkanes) is 20. The van der Waals surface area contributed by atoms with Gasteiger partial charge < -0.3 is 14.2 Å². The highest BCUT2D eigenvalue weighted by Crippen LogP contribution is 2.16. The fourth-order valence-corrected chi connectivity index (χ4v) is 7.69. The highest BCUT2D eigenvalue weighted by atomic mass is 16.6. The number of esters is 3. The summed E-state index contributed by atoms with van der Waals surface area (Å²) in [4.78, 5) is 38.1. The van der Waals surface area contributed by atoms with Gasteiger partial charge in [-0.1, -0.05) is 258 Å². The van der Waals surface area contributed by atoms with Crippen LogP contribution in [0, 0.1) is 0 Å². The van der Waals surface area contributed by atoms with Crippen molar-refractivity contribution >= 4 is 17.9 Å². The molecule has 0 saturated heterocycles. The molecule has 0 aromatic rings. The first kappa shape index (κ1) is 66.8. The van der Waals surface area contributed by atoms with Gasteiger partial charge >= 0.3 is 17.9 Å². The molecule has 0 saturated carbocycles. The number of ether oxygens (including phenoxy) is 3. The molecule has 0 aromatic carbocycles. The number of hydrogen-bond donors (Lipinski definition) is 0. The molecule has 0 spiro atoms. The Morgan fingerprint density at radius 1 is 0.296 bits per heavy atom. The van der Waals surface area contributed by atoms with Crippen molar-refractivity contribution in [2.24, 2.45) is 0 Å². The molecular weight excluding hydrogens is 877 g/mol. The Morgan fingerprint density at radius 3 is 0.944 bits per heavy atom. The fourth-order valence-electron chi connectivity index (χ4n) is 7.69. The van der Waals surface area contributed by atoms with Crippen LogP contribution in [-0.4, -0.2) is 37.2 Å². The lowest BCUT2D eigenvalue weighted by Gasteiger charge is -2.18. The van der Waals surface area contributed by atoms with Gasteiger partial charge in [-0.25, -0.2) is 0 Å². The molecule has 6 nitrogen and oxygen atoms in total. The summed E-state index contributed by atoms with van der Waals surface area (Å²) in [7, 11) is 0. The van der Waals surface area contributed by atoms with Gasteiger partial charge in [-0.3, -0.25) is 14.4 Å². The molecule has 0 fully saturated rings. The lowest BCUT2D eigenvalue weighted by Crippen LogP contribution is -2.30. The van der Waals surface area contributed by atoms with Gasteiger partial charge in [-0.05, 0) is 96.3 Å². The zero-order chi connectivity index (χ0) is 51.4. The van der Waals surface area contributed by atoms with Crippen LogP contribution < -0.4 is 0 Å². The standard InChI is InChI=1S/C65H106O6/c1-4-7-10-13-16-19-22-25-28-30-32-34-37-40-43-46-49-52-55-58-64(67)70-61-62(60-69-63(66)57-54-51-48-45-42-39-36-27-24-21-18-15-12-9-6-3)71-65(68)59-56-53-50-47-44-41-38-35-33-31-29-26-23-20-17-14-11-8-5-2/h7,9-10,12,16,18-19,21,25,27-28,32,34,36,40,42-43,45,49,52,62H,4-6,8,11,13-15,17,20,22-24,26,29-31,33,35,37-39,41,44,46-48,50-51,53-61H2,1-3H3/b10-7-,12-9-,19-16-,21-18-,28-25-,34-32-,36-27-,43-40-,45-42-,52-49-/t62-/m1/s1. The third-order valence-corrected chi connectivity index (χ3v) is 12.0. The Kier molecular flexibility index (Phi) is 54.9. The second kappa shape index (κ2) is 58.4. The van der Waals surface area contributed by atoms with Crippen LogP contribution in [0.5, 0.6) is 0 Å². The molecule has 402 valence electrons. The molecule has 0 bridgehead atoms. The van der Waals surface area contributed by atoms with Crippen molar-refractivity contribution in [1.82, 2.24) is 0 Å². The summed E-state index contributed by atoms with van der Waals surface area (Å²) in [5.74, 6) is -1.05. The molecule has 0 aliphatic carbocycles. The van der Waals surface area contributed by atoms with Crippen molar-refractivity contribution in [1.29, 1.82) is 0 Å². The van der Waals surface area contributed by atoms with E-state index < -0.39 is 6.10 Å². The van der Waals surface area contributed by atoms with E-state index in [1.54, 1.807) is 0 Å². The zero-order valence-electron chi connectivity index (χ0n) is 45.9. The summed E-state index contributed by atoms with van der Waals surface area (Å²) < 4.78 is 16.8. The average molecular weight is 984 g/mol. The molecule has 0 radical (unpaired) electrons. The van der Waals surface area contributed by atoms with Crippen molar-refractivity contribution in [2.75, 3.05) is 13.2 Å². The number of rotatable bonds is 51. The predicted octanol–water partition coefficient (Wildman–Crippen LogP) is 19.6. The van der Waals surface area contributed by atoms with Crippen molar-refractivity contribution in [3.8, 4) is 0 Å². The number of carbonyl (C=O) groups excluding carboxylic acids is 3. The maximum atomic E-state index is 12.9. The molecule has 71 heavy (non-hydrogen) atoms. The van der Waals surface area contributed by atoms with Gasteiger partial charge in [-0.2, -0.15) is 0 Å². The molecule has 1 atom stereocenters. The summed E-state index contributed by atoms with van der Waals surface area (Å²) in [6.45, 7) is 6.32. The quantitative estimate of drug-likeness (QED) is 0.0261. The SMILES string of the molecule is CC/C=C\C/C=C\C/C=C\C/C=C\C/C=C\C/C=C\CCC(=O)OC[C@@H](COC(=O)CCCC/C=C\C/C=C\C/C=C\C/C=C\CC)OC(=O)CCCCCCCCCCCCCCCCCCCCC. The molecule has 0 N–H and O–H groups in total. The Balaban J connectivity index is 4.54. The normalized spacial score (nSPS) is 13.0. The third kappa shape index (κ3) is 56.6. The van der Waals surface area contributed by atoms with Gasteiger partial charge in [0.25, 0.3) is 0 Å². The molecule has 6 heteroatoms. The van der Waals surface area contributed by atoms with Crippen molar-refractivity contribution in [3.63, 3.8) is 0 Å². The summed E-state index contributed by atoms with van der Waals surface area (Å²) in [6, 6.07) is 0. The minimum absolute atomic E-state index is 0.124. The first-order valence-electron chi connectivity index (χ1n) is 29.0. The van der Waals surface area contributed by atoms with Gasteiger partial charge in [0, 0.05) is 19.3 Å². The van der Waals surface area contributed by atoms with E-state index in [0.29, 0.717) is 25.7 Å². The van der Waals surface area contributed by atoms with E-state index >= 15 is 0 Å². The van der Waals surface area contributed by atoms with Gasteiger partial charge in [-0.15, -0.1) is 0 Å². The summed E-state index contributed by atoms with van der Waals surface area (Å²) >= 11 is 0. The molecule has 0 amide bonds. The minimum Gasteiger partial charge on any atom is -0.462 e. The smallest absolute Gasteiger partial charge is 0.306 e. The highest BCUT2D eigenvalue weighted by molar-refractivity contribution is 5.71. The van der Waals surface area contributed by atoms with Crippen LogP contribution in [0.1, 0.15) is 252 Å². The lowest BCUT2D eigenvalue weighted by molar-refractivity contribution is -0.166. The van der Waals surface area contributed by atoms with Crippen LogP contribution in [0.15, 0.2) is 122 Å². The Morgan fingerprint density at radius 2 is 0.577 bits per heavy atom. The maximum Gasteiger partial charge on any atom is 0.306 e. The molecule has 0 aromatic heterocycles. The Hall–Kier alpha value is -4.19. The van der Waals surface area contributed by atoms with Crippen LogP contribution in [0.25, 0.3) is 0 Å². The number of hydrogen-bond acceptors (Lipinski definition) is 6. The van der Waals surface area contributed by atoms with Gasteiger partial charge in [0.1, 0.15) is 13.2 Å². The molecule has 0 unspecified atom stereocenters. The van der Waals surface area contributed by atoms with Crippen LogP contribution >= 0.6 is 0 Å². The topological polar surface area (TPSA) is 78.9 Å². The van der Waals surface area contributed by atoms with Gasteiger partial charge in [0.05, 0.1) is 0 Å². The molecule has 0 rings (SSSR count). The fraction of sp³-hybridized carbons (Fsp3) is 0.646. The van der Waals surface area contributed by atoms with E-state index in [1.165, 1.54) is 103 Å². The monoisotopic (exact) mass is 983 g/mol. The highest BCUT2D eigenvalue weighted by Gasteiger charge is 2.19. The van der Waals surface area contributed by atoms with Gasteiger partial charge in [0.2, 0.25) is 0 Å². The van der Waals surface area contributed by atoms with Crippen LogP contribution in [0.3, 0.4) is 0 Å². The largest absolute Gasteiger partial charge is 0.462 e.